The number of carbonyl (C=O) groups is 2. The second-order valence-electron chi connectivity index (χ2n) is 10.3. The molecular formula is C28H31F3N2O5. The molecule has 2 heterocycles. The van der Waals surface area contributed by atoms with E-state index in [1.54, 1.807) is 35.1 Å². The van der Waals surface area contributed by atoms with Gasteiger partial charge in [-0.2, -0.15) is 13.2 Å². The molecule has 2 amide bonds. The number of amides is 2. The average Bonchev–Trinajstić information content (AvgIpc) is 3.74. The molecular weight excluding hydrogens is 501 g/mol. The van der Waals surface area contributed by atoms with Crippen molar-refractivity contribution in [2.75, 3.05) is 40.5 Å². The topological polar surface area (TPSA) is 68.3 Å². The van der Waals surface area contributed by atoms with Gasteiger partial charge >= 0.3 is 6.18 Å². The lowest BCUT2D eigenvalue weighted by Crippen LogP contribution is -2.69. The molecule has 7 nitrogen and oxygen atoms in total. The van der Waals surface area contributed by atoms with E-state index in [1.807, 2.05) is 0 Å². The fraction of sp³-hybridized carbons (Fsp3) is 0.500. The minimum Gasteiger partial charge on any atom is -0.497 e. The zero-order valence-corrected chi connectivity index (χ0v) is 21.5. The van der Waals surface area contributed by atoms with Crippen LogP contribution in [0.3, 0.4) is 0 Å². The monoisotopic (exact) mass is 532 g/mol. The number of piperidine rings is 1. The van der Waals surface area contributed by atoms with Crippen molar-refractivity contribution in [2.24, 2.45) is 5.92 Å². The molecule has 1 aliphatic carbocycles. The van der Waals surface area contributed by atoms with Crippen LogP contribution in [0.15, 0.2) is 36.4 Å². The molecule has 2 saturated heterocycles. The fourth-order valence-electron chi connectivity index (χ4n) is 5.32. The largest absolute Gasteiger partial charge is 0.497 e. The highest BCUT2D eigenvalue weighted by atomic mass is 19.4. The van der Waals surface area contributed by atoms with E-state index in [-0.39, 0.29) is 17.2 Å². The predicted octanol–water partition coefficient (Wildman–Crippen LogP) is 5.03. The predicted molar refractivity (Wildman–Crippen MR) is 133 cm³/mol. The number of carbonyl (C=O) groups excluding carboxylic acids is 2. The molecule has 2 aromatic carbocycles. The number of hydrogen-bond acceptors (Lipinski definition) is 5. The van der Waals surface area contributed by atoms with E-state index in [2.05, 4.69) is 0 Å². The summed E-state index contributed by atoms with van der Waals surface area (Å²) in [6, 6.07) is 8.18. The van der Waals surface area contributed by atoms with Gasteiger partial charge in [0.15, 0.2) is 11.5 Å². The Balaban J connectivity index is 1.34. The summed E-state index contributed by atoms with van der Waals surface area (Å²) in [7, 11) is 2.82. The molecule has 5 rings (SSSR count). The van der Waals surface area contributed by atoms with Gasteiger partial charge in [0.1, 0.15) is 5.75 Å². The molecule has 3 aliphatic rings. The molecule has 38 heavy (non-hydrogen) atoms. The summed E-state index contributed by atoms with van der Waals surface area (Å²) < 4.78 is 56.6. The Bertz CT molecular complexity index is 1230. The smallest absolute Gasteiger partial charge is 0.416 e. The van der Waals surface area contributed by atoms with Crippen LogP contribution < -0.4 is 14.2 Å². The third-order valence-corrected chi connectivity index (χ3v) is 7.76. The quantitative estimate of drug-likeness (QED) is 0.500. The highest BCUT2D eigenvalue weighted by molar-refractivity contribution is 5.97. The minimum atomic E-state index is -4.61. The SMILES string of the molecule is COc1cc(C(=O)N2CCC23CCCN(C(=O)c2ccc(OC)c(OCC4CC4)c2)C3)cc(C(F)(F)F)c1. The van der Waals surface area contributed by atoms with Gasteiger partial charge in [0.2, 0.25) is 0 Å². The molecule has 2 aliphatic heterocycles. The minimum absolute atomic E-state index is 0.0302. The van der Waals surface area contributed by atoms with Gasteiger partial charge < -0.3 is 24.0 Å². The molecule has 2 aromatic rings. The first-order valence-electron chi connectivity index (χ1n) is 12.8. The molecule has 1 saturated carbocycles. The van der Waals surface area contributed by atoms with Crippen LogP contribution >= 0.6 is 0 Å². The summed E-state index contributed by atoms with van der Waals surface area (Å²) in [4.78, 5) is 30.2. The second kappa shape index (κ2) is 10.0. The van der Waals surface area contributed by atoms with Crippen LogP contribution in [0.4, 0.5) is 13.2 Å². The van der Waals surface area contributed by atoms with Gasteiger partial charge in [-0.1, -0.05) is 0 Å². The van der Waals surface area contributed by atoms with E-state index in [4.69, 9.17) is 14.2 Å². The van der Waals surface area contributed by atoms with Crippen LogP contribution in [0, 0.1) is 5.92 Å². The van der Waals surface area contributed by atoms with E-state index >= 15 is 0 Å². The first-order chi connectivity index (χ1) is 18.1. The summed E-state index contributed by atoms with van der Waals surface area (Å²) in [5.41, 5.74) is -1.15. The van der Waals surface area contributed by atoms with Gasteiger partial charge in [-0.3, -0.25) is 9.59 Å². The van der Waals surface area contributed by atoms with Crippen LogP contribution in [0.2, 0.25) is 0 Å². The molecule has 0 aromatic heterocycles. The number of likely N-dealkylation sites (tertiary alicyclic amines) is 2. The molecule has 1 unspecified atom stereocenters. The van der Waals surface area contributed by atoms with Crippen molar-refractivity contribution in [2.45, 2.75) is 43.8 Å². The van der Waals surface area contributed by atoms with Gasteiger partial charge in [0.25, 0.3) is 11.8 Å². The zero-order valence-electron chi connectivity index (χ0n) is 21.5. The zero-order chi connectivity index (χ0) is 27.1. The lowest BCUT2D eigenvalue weighted by molar-refractivity contribution is -0.137. The van der Waals surface area contributed by atoms with Gasteiger partial charge in [-0.05, 0) is 74.4 Å². The van der Waals surface area contributed by atoms with E-state index in [9.17, 15) is 22.8 Å². The second-order valence-corrected chi connectivity index (χ2v) is 10.3. The summed E-state index contributed by atoms with van der Waals surface area (Å²) in [6.45, 7) is 1.85. The molecule has 3 fully saturated rings. The van der Waals surface area contributed by atoms with E-state index < -0.39 is 23.2 Å². The number of halogens is 3. The van der Waals surface area contributed by atoms with Crippen molar-refractivity contribution < 1.29 is 37.0 Å². The van der Waals surface area contributed by atoms with Crippen molar-refractivity contribution >= 4 is 11.8 Å². The number of benzene rings is 2. The van der Waals surface area contributed by atoms with Crippen LogP contribution in [0.1, 0.15) is 58.4 Å². The number of hydrogen-bond donors (Lipinski definition) is 0. The molecule has 1 atom stereocenters. The summed E-state index contributed by atoms with van der Waals surface area (Å²) in [6.07, 6.45) is -0.293. The summed E-state index contributed by atoms with van der Waals surface area (Å²) in [5, 5.41) is 0. The lowest BCUT2D eigenvalue weighted by Gasteiger charge is -2.57. The van der Waals surface area contributed by atoms with Gasteiger partial charge in [0, 0.05) is 30.8 Å². The molecule has 0 N–H and O–H groups in total. The number of rotatable bonds is 7. The number of ether oxygens (including phenoxy) is 3. The van der Waals surface area contributed by atoms with Crippen molar-refractivity contribution in [3.63, 3.8) is 0 Å². The fourth-order valence-corrected chi connectivity index (χ4v) is 5.32. The van der Waals surface area contributed by atoms with Crippen LogP contribution in [0.25, 0.3) is 0 Å². The summed E-state index contributed by atoms with van der Waals surface area (Å²) in [5.74, 6) is 0.927. The standard InChI is InChI=1S/C28H31F3N2O5/c1-36-22-13-20(12-21(15-22)28(29,30)31)26(35)33-11-9-27(33)8-3-10-32(17-27)25(34)19-6-7-23(37-2)24(14-19)38-16-18-4-5-18/h6-7,12-15,18H,3-5,8-11,16-17H2,1-2H3. The highest BCUT2D eigenvalue weighted by Crippen LogP contribution is 2.41. The molecule has 10 heteroatoms. The van der Waals surface area contributed by atoms with Crippen LogP contribution in [-0.2, 0) is 6.18 Å². The maximum absolute atomic E-state index is 13.5. The maximum Gasteiger partial charge on any atom is 0.416 e. The number of methoxy groups -OCH3 is 2. The average molecular weight is 533 g/mol. The number of nitrogens with zero attached hydrogens (tertiary/aromatic N) is 2. The third-order valence-electron chi connectivity index (χ3n) is 7.76. The van der Waals surface area contributed by atoms with E-state index in [0.717, 1.165) is 25.0 Å². The van der Waals surface area contributed by atoms with Crippen LogP contribution in [-0.4, -0.2) is 67.6 Å². The Morgan fingerprint density at radius 3 is 2.37 bits per heavy atom. The van der Waals surface area contributed by atoms with E-state index in [0.29, 0.717) is 68.5 Å². The lowest BCUT2D eigenvalue weighted by atomic mass is 9.77. The number of alkyl halides is 3. The van der Waals surface area contributed by atoms with Crippen molar-refractivity contribution in [1.29, 1.82) is 0 Å². The van der Waals surface area contributed by atoms with Gasteiger partial charge in [0.05, 0.1) is 31.9 Å². The molecule has 0 bridgehead atoms. The molecule has 204 valence electrons. The Labute approximate surface area is 219 Å². The van der Waals surface area contributed by atoms with Crippen molar-refractivity contribution in [3.8, 4) is 17.2 Å². The maximum atomic E-state index is 13.5. The third kappa shape index (κ3) is 5.13. The normalized spacial score (nSPS) is 21.2. The van der Waals surface area contributed by atoms with Gasteiger partial charge in [-0.15, -0.1) is 0 Å². The Morgan fingerprint density at radius 2 is 1.74 bits per heavy atom. The van der Waals surface area contributed by atoms with E-state index in [1.165, 1.54) is 13.2 Å². The molecule has 0 radical (unpaired) electrons. The Morgan fingerprint density at radius 1 is 0.947 bits per heavy atom. The van der Waals surface area contributed by atoms with Crippen LogP contribution in [0.5, 0.6) is 17.2 Å². The highest BCUT2D eigenvalue weighted by Gasteiger charge is 2.50. The summed E-state index contributed by atoms with van der Waals surface area (Å²) >= 11 is 0. The van der Waals surface area contributed by atoms with Crippen molar-refractivity contribution in [1.82, 2.24) is 9.80 Å². The molecule has 1 spiro atoms. The Kier molecular flexibility index (Phi) is 6.92. The van der Waals surface area contributed by atoms with Gasteiger partial charge in [-0.25, -0.2) is 0 Å². The first-order valence-corrected chi connectivity index (χ1v) is 12.8. The first kappa shape index (κ1) is 26.2. The van der Waals surface area contributed by atoms with Crippen molar-refractivity contribution in [3.05, 3.63) is 53.1 Å². The Hall–Kier alpha value is -3.43.